The second-order valence-electron chi connectivity index (χ2n) is 6.04. The van der Waals surface area contributed by atoms with Gasteiger partial charge in [-0.1, -0.05) is 36.4 Å². The van der Waals surface area contributed by atoms with Crippen LogP contribution in [0, 0.1) is 11.2 Å². The molecule has 124 valence electrons. The summed E-state index contributed by atoms with van der Waals surface area (Å²) in [5.41, 5.74) is 0.485. The Bertz CT molecular complexity index is 742. The van der Waals surface area contributed by atoms with E-state index in [0.29, 0.717) is 31.5 Å². The minimum Gasteiger partial charge on any atom is -0.355 e. The lowest BCUT2D eigenvalue weighted by Crippen LogP contribution is -2.40. The standard InChI is InChI=1S/C19H19FN2O2/c20-15-7-4-8-16(13-15)22-18(24)19(10-11-19)17(23)21-12-9-14-5-2-1-3-6-14/h1-8,13H,9-12H2,(H,21,23)(H,22,24). The van der Waals surface area contributed by atoms with Gasteiger partial charge in [-0.15, -0.1) is 0 Å². The first kappa shape index (κ1) is 16.2. The van der Waals surface area contributed by atoms with Gasteiger partial charge in [-0.3, -0.25) is 9.59 Å². The minimum atomic E-state index is -1.01. The van der Waals surface area contributed by atoms with E-state index in [0.717, 1.165) is 5.56 Å². The molecule has 0 heterocycles. The maximum Gasteiger partial charge on any atom is 0.240 e. The first-order valence-corrected chi connectivity index (χ1v) is 7.99. The Hall–Kier alpha value is -2.69. The van der Waals surface area contributed by atoms with E-state index < -0.39 is 11.2 Å². The van der Waals surface area contributed by atoms with E-state index in [-0.39, 0.29) is 11.8 Å². The van der Waals surface area contributed by atoms with Crippen LogP contribution >= 0.6 is 0 Å². The molecule has 0 aliphatic heterocycles. The topological polar surface area (TPSA) is 58.2 Å². The van der Waals surface area contributed by atoms with Gasteiger partial charge < -0.3 is 10.6 Å². The fourth-order valence-corrected chi connectivity index (χ4v) is 2.63. The minimum absolute atomic E-state index is 0.257. The molecule has 0 aromatic heterocycles. The number of hydrogen-bond donors (Lipinski definition) is 2. The number of halogens is 1. The molecule has 1 aliphatic carbocycles. The van der Waals surface area contributed by atoms with Crippen LogP contribution in [0.5, 0.6) is 0 Å². The Labute approximate surface area is 140 Å². The third-order valence-corrected chi connectivity index (χ3v) is 4.24. The number of amides is 2. The number of benzene rings is 2. The Morgan fingerprint density at radius 3 is 2.42 bits per heavy atom. The first-order valence-electron chi connectivity index (χ1n) is 7.99. The predicted octanol–water partition coefficient (Wildman–Crippen LogP) is 2.90. The van der Waals surface area contributed by atoms with Gasteiger partial charge in [0.2, 0.25) is 11.8 Å². The van der Waals surface area contributed by atoms with Gasteiger partial charge in [-0.05, 0) is 43.0 Å². The van der Waals surface area contributed by atoms with Crippen molar-refractivity contribution in [2.45, 2.75) is 19.3 Å². The number of hydrogen-bond acceptors (Lipinski definition) is 2. The van der Waals surface area contributed by atoms with Crippen molar-refractivity contribution in [2.75, 3.05) is 11.9 Å². The summed E-state index contributed by atoms with van der Waals surface area (Å²) in [6, 6.07) is 15.5. The zero-order valence-corrected chi connectivity index (χ0v) is 13.2. The lowest BCUT2D eigenvalue weighted by Gasteiger charge is -2.15. The first-order chi connectivity index (χ1) is 11.6. The van der Waals surface area contributed by atoms with E-state index in [2.05, 4.69) is 10.6 Å². The summed E-state index contributed by atoms with van der Waals surface area (Å²) in [7, 11) is 0. The molecule has 2 N–H and O–H groups in total. The average molecular weight is 326 g/mol. The summed E-state index contributed by atoms with van der Waals surface area (Å²) < 4.78 is 13.2. The molecular formula is C19H19FN2O2. The molecule has 2 aromatic rings. The molecule has 1 saturated carbocycles. The summed E-state index contributed by atoms with van der Waals surface area (Å²) in [5, 5.41) is 5.47. The highest BCUT2D eigenvalue weighted by Gasteiger charge is 2.56. The zero-order chi connectivity index (χ0) is 17.0. The van der Waals surface area contributed by atoms with Crippen LogP contribution in [0.15, 0.2) is 54.6 Å². The van der Waals surface area contributed by atoms with Gasteiger partial charge >= 0.3 is 0 Å². The molecule has 2 amide bonds. The molecule has 0 bridgehead atoms. The third-order valence-electron chi connectivity index (χ3n) is 4.24. The van der Waals surface area contributed by atoms with Gasteiger partial charge in [0.15, 0.2) is 0 Å². The fraction of sp³-hybridized carbons (Fsp3) is 0.263. The lowest BCUT2D eigenvalue weighted by atomic mass is 10.0. The lowest BCUT2D eigenvalue weighted by molar-refractivity contribution is -0.134. The van der Waals surface area contributed by atoms with Crippen LogP contribution < -0.4 is 10.6 Å². The highest BCUT2D eigenvalue weighted by atomic mass is 19.1. The highest BCUT2D eigenvalue weighted by molar-refractivity contribution is 6.13. The second-order valence-corrected chi connectivity index (χ2v) is 6.04. The number of anilines is 1. The molecule has 0 atom stereocenters. The molecule has 2 aromatic carbocycles. The summed E-state index contributed by atoms with van der Waals surface area (Å²) in [6.07, 6.45) is 1.75. The van der Waals surface area contributed by atoms with Gasteiger partial charge in [0, 0.05) is 12.2 Å². The Balaban J connectivity index is 1.54. The van der Waals surface area contributed by atoms with Crippen molar-refractivity contribution < 1.29 is 14.0 Å². The van der Waals surface area contributed by atoms with E-state index in [9.17, 15) is 14.0 Å². The second kappa shape index (κ2) is 6.83. The molecule has 1 fully saturated rings. The van der Waals surface area contributed by atoms with E-state index >= 15 is 0 Å². The van der Waals surface area contributed by atoms with E-state index in [1.165, 1.54) is 18.2 Å². The number of nitrogens with one attached hydrogen (secondary N) is 2. The molecule has 0 spiro atoms. The van der Waals surface area contributed by atoms with Crippen LogP contribution in [0.4, 0.5) is 10.1 Å². The summed E-state index contributed by atoms with van der Waals surface area (Å²) in [6.45, 7) is 0.484. The van der Waals surface area contributed by atoms with Crippen molar-refractivity contribution in [3.63, 3.8) is 0 Å². The van der Waals surface area contributed by atoms with Crippen LogP contribution in [0.1, 0.15) is 18.4 Å². The SMILES string of the molecule is O=C(NCCc1ccccc1)C1(C(=O)Nc2cccc(F)c2)CC1. The Kier molecular flexibility index (Phi) is 4.60. The van der Waals surface area contributed by atoms with E-state index in [1.54, 1.807) is 6.07 Å². The van der Waals surface area contributed by atoms with Crippen molar-refractivity contribution in [1.82, 2.24) is 5.32 Å². The van der Waals surface area contributed by atoms with E-state index in [1.807, 2.05) is 30.3 Å². The van der Waals surface area contributed by atoms with Crippen molar-refractivity contribution in [3.8, 4) is 0 Å². The maximum atomic E-state index is 13.2. The summed E-state index contributed by atoms with van der Waals surface area (Å²) in [4.78, 5) is 24.8. The molecule has 0 saturated heterocycles. The third kappa shape index (κ3) is 3.62. The van der Waals surface area contributed by atoms with Crippen LogP contribution in [0.3, 0.4) is 0 Å². The average Bonchev–Trinajstić information content (AvgIpc) is 3.38. The molecule has 0 unspecified atom stereocenters. The van der Waals surface area contributed by atoms with Crippen molar-refractivity contribution in [3.05, 3.63) is 66.0 Å². The maximum absolute atomic E-state index is 13.2. The van der Waals surface area contributed by atoms with Crippen LogP contribution in [-0.2, 0) is 16.0 Å². The molecule has 1 aliphatic rings. The van der Waals surface area contributed by atoms with Gasteiger partial charge in [0.25, 0.3) is 0 Å². The number of carbonyl (C=O) groups excluding carboxylic acids is 2. The van der Waals surface area contributed by atoms with Crippen LogP contribution in [-0.4, -0.2) is 18.4 Å². The zero-order valence-electron chi connectivity index (χ0n) is 13.2. The van der Waals surface area contributed by atoms with Gasteiger partial charge in [-0.2, -0.15) is 0 Å². The molecule has 5 heteroatoms. The molecule has 24 heavy (non-hydrogen) atoms. The molecule has 3 rings (SSSR count). The highest BCUT2D eigenvalue weighted by Crippen LogP contribution is 2.46. The normalized spacial score (nSPS) is 14.7. The molecule has 4 nitrogen and oxygen atoms in total. The summed E-state index contributed by atoms with van der Waals surface area (Å²) in [5.74, 6) is -1.05. The Morgan fingerprint density at radius 2 is 1.75 bits per heavy atom. The molecular weight excluding hydrogens is 307 g/mol. The van der Waals surface area contributed by atoms with Gasteiger partial charge in [-0.25, -0.2) is 4.39 Å². The predicted molar refractivity (Wildman–Crippen MR) is 89.9 cm³/mol. The number of carbonyl (C=O) groups is 2. The number of rotatable bonds is 6. The summed E-state index contributed by atoms with van der Waals surface area (Å²) >= 11 is 0. The fourth-order valence-electron chi connectivity index (χ4n) is 2.63. The smallest absolute Gasteiger partial charge is 0.240 e. The Morgan fingerprint density at radius 1 is 1.00 bits per heavy atom. The van der Waals surface area contributed by atoms with Crippen molar-refractivity contribution >= 4 is 17.5 Å². The van der Waals surface area contributed by atoms with Gasteiger partial charge in [0.05, 0.1) is 0 Å². The largest absolute Gasteiger partial charge is 0.355 e. The van der Waals surface area contributed by atoms with Crippen molar-refractivity contribution in [2.24, 2.45) is 5.41 Å². The van der Waals surface area contributed by atoms with E-state index in [4.69, 9.17) is 0 Å². The molecule has 0 radical (unpaired) electrons. The quantitative estimate of drug-likeness (QED) is 0.802. The van der Waals surface area contributed by atoms with Crippen LogP contribution in [0.2, 0.25) is 0 Å². The van der Waals surface area contributed by atoms with Crippen LogP contribution in [0.25, 0.3) is 0 Å². The monoisotopic (exact) mass is 326 g/mol. The van der Waals surface area contributed by atoms with Gasteiger partial charge in [0.1, 0.15) is 11.2 Å². The van der Waals surface area contributed by atoms with Crippen molar-refractivity contribution in [1.29, 1.82) is 0 Å².